The van der Waals surface area contributed by atoms with E-state index in [4.69, 9.17) is 15.0 Å². The molecule has 5 aromatic heterocycles. The third-order valence-corrected chi connectivity index (χ3v) is 30.9. The molecule has 14 heteroatoms. The van der Waals surface area contributed by atoms with Crippen LogP contribution in [0, 0.1) is 0 Å². The minimum atomic E-state index is -3.15. The number of benzene rings is 12. The van der Waals surface area contributed by atoms with E-state index in [9.17, 15) is 0 Å². The van der Waals surface area contributed by atoms with Crippen LogP contribution in [-0.2, 0) is 33.0 Å². The lowest BCUT2D eigenvalue weighted by Gasteiger charge is -2.29. The first-order chi connectivity index (χ1) is 51.1. The number of imidazole rings is 3. The highest BCUT2D eigenvalue weighted by molar-refractivity contribution is 7.87. The average Bonchev–Trinajstić information content (AvgIpc) is 1.41. The van der Waals surface area contributed by atoms with E-state index in [2.05, 4.69) is 167 Å². The van der Waals surface area contributed by atoms with Crippen molar-refractivity contribution >= 4 is 114 Å². The number of nitrogens with zero attached hydrogens (tertiary/aromatic N) is 7. The highest BCUT2D eigenvalue weighted by Gasteiger charge is 2.43. The van der Waals surface area contributed by atoms with Gasteiger partial charge in [0.05, 0.1) is 50.2 Å². The van der Waals surface area contributed by atoms with Gasteiger partial charge in [0.15, 0.2) is 21.4 Å². The summed E-state index contributed by atoms with van der Waals surface area (Å²) in [6.45, 7) is 6.37. The topological polar surface area (TPSA) is 118 Å². The van der Waals surface area contributed by atoms with Crippen LogP contribution in [0.1, 0.15) is 38.2 Å². The Labute approximate surface area is 607 Å². The van der Waals surface area contributed by atoms with Crippen LogP contribution in [-0.4, -0.2) is 33.6 Å². The molecule has 104 heavy (non-hydrogen) atoms. The van der Waals surface area contributed by atoms with Crippen molar-refractivity contribution in [3.05, 3.63) is 339 Å². The first kappa shape index (κ1) is 64.7. The fraction of sp³-hybridized carbons (Fsp3) is 0.0667. The van der Waals surface area contributed by atoms with Gasteiger partial charge in [0, 0.05) is 89.2 Å². The first-order valence-electron chi connectivity index (χ1n) is 35.2. The Balaban J connectivity index is 0.000000113. The molecule has 3 aliphatic heterocycles. The second kappa shape index (κ2) is 26.1. The van der Waals surface area contributed by atoms with Gasteiger partial charge in [-0.3, -0.25) is 18.7 Å². The van der Waals surface area contributed by atoms with Gasteiger partial charge in [0.25, 0.3) is 0 Å². The number of rotatable bonds is 11. The predicted molar refractivity (Wildman–Crippen MR) is 433 cm³/mol. The Morgan fingerprint density at radius 1 is 0.279 bits per heavy atom. The lowest BCUT2D eigenvalue weighted by atomic mass is 10.0. The lowest BCUT2D eigenvalue weighted by molar-refractivity contribution is 0.591. The fourth-order valence-electron chi connectivity index (χ4n) is 15.6. The molecule has 3 atom stereocenters. The van der Waals surface area contributed by atoms with Gasteiger partial charge in [-0.15, -0.1) is 11.3 Å². The van der Waals surface area contributed by atoms with Gasteiger partial charge < -0.3 is 13.7 Å². The third-order valence-electron chi connectivity index (χ3n) is 20.4. The van der Waals surface area contributed by atoms with Crippen LogP contribution < -0.4 is 47.7 Å². The van der Waals surface area contributed by atoms with Gasteiger partial charge in [-0.05, 0) is 142 Å². The number of aryl methyl sites for hydroxylation is 3. The molecule has 502 valence electrons. The zero-order chi connectivity index (χ0) is 70.3. The fourth-order valence-corrected chi connectivity index (χ4v) is 25.7. The summed E-state index contributed by atoms with van der Waals surface area (Å²) in [7, 11) is -9.31. The van der Waals surface area contributed by atoms with Crippen molar-refractivity contribution < 1.29 is 13.7 Å². The number of fused-ring (bicyclic) bond motifs is 6. The number of hydrogen-bond donors (Lipinski definition) is 0. The summed E-state index contributed by atoms with van der Waals surface area (Å²) in [5, 5.41) is 7.78. The molecular formula is C90H68N7O3P3S. The molecule has 0 radical (unpaired) electrons. The van der Waals surface area contributed by atoms with Crippen LogP contribution in [0.25, 0.3) is 104 Å². The Morgan fingerprint density at radius 2 is 0.558 bits per heavy atom. The molecule has 0 bridgehead atoms. The number of para-hydroxylation sites is 3. The maximum atomic E-state index is 15.5. The summed E-state index contributed by atoms with van der Waals surface area (Å²) < 4.78 is 52.3. The van der Waals surface area contributed by atoms with Crippen LogP contribution in [0.2, 0.25) is 0 Å². The van der Waals surface area contributed by atoms with Crippen molar-refractivity contribution in [2.45, 2.75) is 40.0 Å². The van der Waals surface area contributed by atoms with Gasteiger partial charge in [0.2, 0.25) is 0 Å². The summed E-state index contributed by atoms with van der Waals surface area (Å²) >= 11 is 1.80. The van der Waals surface area contributed by atoms with Gasteiger partial charge >= 0.3 is 0 Å². The molecule has 12 aromatic carbocycles. The summed E-state index contributed by atoms with van der Waals surface area (Å²) in [6, 6.07) is 105. The van der Waals surface area contributed by atoms with Crippen molar-refractivity contribution in [1.82, 2.24) is 33.6 Å². The smallest absolute Gasteiger partial charge is 0.175 e. The average molecular weight is 1420 g/mol. The van der Waals surface area contributed by atoms with Crippen molar-refractivity contribution in [1.29, 1.82) is 0 Å². The highest BCUT2D eigenvalue weighted by atomic mass is 32.1. The normalized spacial score (nSPS) is 16.4. The summed E-state index contributed by atoms with van der Waals surface area (Å²) in [5.41, 5.74) is 17.2. The number of thiophene rings is 1. The zero-order valence-corrected chi connectivity index (χ0v) is 60.8. The minimum Gasteiger partial charge on any atom is -0.308 e. The molecule has 0 saturated carbocycles. The van der Waals surface area contributed by atoms with E-state index in [-0.39, 0.29) is 0 Å². The molecule has 0 N–H and O–H groups in total. The van der Waals surface area contributed by atoms with Crippen molar-refractivity contribution in [3.63, 3.8) is 0 Å². The van der Waals surface area contributed by atoms with E-state index in [1.165, 1.54) is 20.9 Å². The zero-order valence-electron chi connectivity index (χ0n) is 57.3. The largest absolute Gasteiger partial charge is 0.308 e. The Kier molecular flexibility index (Phi) is 16.3. The lowest BCUT2D eigenvalue weighted by Crippen LogP contribution is -2.33. The van der Waals surface area contributed by atoms with E-state index in [1.807, 2.05) is 182 Å². The van der Waals surface area contributed by atoms with Crippen molar-refractivity contribution in [2.75, 3.05) is 0 Å². The van der Waals surface area contributed by atoms with Gasteiger partial charge in [-0.1, -0.05) is 233 Å². The van der Waals surface area contributed by atoms with Gasteiger partial charge in [0.1, 0.15) is 17.5 Å². The van der Waals surface area contributed by atoms with Crippen LogP contribution >= 0.6 is 32.8 Å². The van der Waals surface area contributed by atoms with Gasteiger partial charge in [-0.2, -0.15) is 0 Å². The SMILES string of the molecule is CCc1nc2cc(-c3ccc(-c4ccc(-c5ccccc5)s4)cc3)cc3c2n1-c1ccccc1P3(=O)c1ccccc1.CCc1nc2cc(-c3ccccc3)cc3c2n1-c1ccccc1P3(=O)c1ccccc1.CCc1nc2cc(-c3ccncc3)cc3c2n1-c1ccccc1P3(=O)c1ccccc1. The third kappa shape index (κ3) is 10.4. The van der Waals surface area contributed by atoms with Gasteiger partial charge in [-0.25, -0.2) is 15.0 Å². The molecule has 3 unspecified atom stereocenters. The monoisotopic (exact) mass is 1420 g/mol. The van der Waals surface area contributed by atoms with Crippen LogP contribution in [0.4, 0.5) is 0 Å². The standard InChI is InChI=1S/C37H27N2OPS.C27H21N2OP.C26H20N3OP/c1-2-36-38-30-23-28(25-17-19-27(20-18-25)35-22-21-34(42-35)26-11-5-3-6-12-26)24-33-37(30)39(36)31-15-9-10-16-32(31)41(33,40)29-13-7-4-8-14-29;1-2-26-28-22-17-20(19-11-5-3-6-12-19)18-25-27(22)29(26)23-15-9-10-16-24(23)31(25,30)21-13-7-4-8-14-21;1-2-25-28-21-16-19(18-12-14-27-15-13-18)17-24-26(21)29(25)22-10-6-7-11-23(22)31(24,30)20-8-4-3-5-9-20/h3-24H,2H2,1H3;3-18H,2H2,1H3;3-17H,2H2,1H3. The van der Waals surface area contributed by atoms with E-state index in [0.717, 1.165) is 168 Å². The molecule has 8 heterocycles. The van der Waals surface area contributed by atoms with E-state index in [0.29, 0.717) is 0 Å². The summed E-state index contributed by atoms with van der Waals surface area (Å²) in [5.74, 6) is 2.96. The molecule has 0 fully saturated rings. The minimum absolute atomic E-state index is 0.786. The van der Waals surface area contributed by atoms with Crippen molar-refractivity contribution in [3.8, 4) is 71.3 Å². The second-order valence-corrected chi connectivity index (χ2v) is 35.4. The molecule has 0 saturated heterocycles. The van der Waals surface area contributed by atoms with E-state index >= 15 is 13.7 Å². The molecule has 0 aliphatic carbocycles. The number of hydrogen-bond acceptors (Lipinski definition) is 8. The second-order valence-electron chi connectivity index (χ2n) is 26.3. The molecule has 0 amide bonds. The maximum Gasteiger partial charge on any atom is 0.175 e. The molecule has 17 aromatic rings. The first-order valence-corrected chi connectivity index (χ1v) is 41.2. The predicted octanol–water partition coefficient (Wildman–Crippen LogP) is 18.4. The Morgan fingerprint density at radius 3 is 0.904 bits per heavy atom. The molecule has 20 rings (SSSR count). The van der Waals surface area contributed by atoms with E-state index < -0.39 is 21.4 Å². The summed E-state index contributed by atoms with van der Waals surface area (Å²) in [4.78, 5) is 21.7. The molecule has 10 nitrogen and oxygen atoms in total. The molecular weight excluding hydrogens is 1350 g/mol. The number of pyridine rings is 1. The molecule has 0 spiro atoms. The van der Waals surface area contributed by atoms with Crippen LogP contribution in [0.3, 0.4) is 0 Å². The van der Waals surface area contributed by atoms with Crippen LogP contribution in [0.5, 0.6) is 0 Å². The Bertz CT molecular complexity index is 6110. The quantitative estimate of drug-likeness (QED) is 0.118. The van der Waals surface area contributed by atoms with Crippen molar-refractivity contribution in [2.24, 2.45) is 0 Å². The number of aromatic nitrogens is 7. The maximum absolute atomic E-state index is 15.5. The Hall–Kier alpha value is -11.4. The van der Waals surface area contributed by atoms with E-state index in [1.54, 1.807) is 23.7 Å². The summed E-state index contributed by atoms with van der Waals surface area (Å²) in [6.07, 6.45) is 5.95. The molecule has 3 aliphatic rings. The highest BCUT2D eigenvalue weighted by Crippen LogP contribution is 2.54. The van der Waals surface area contributed by atoms with Crippen LogP contribution in [0.15, 0.2) is 322 Å².